The SMILES string of the molecule is Cc1ccc(OCC(O)CN2CCOC(c3ccccc3)C2)cc1. The highest BCUT2D eigenvalue weighted by atomic mass is 16.5. The molecule has 2 atom stereocenters. The first-order valence-electron chi connectivity index (χ1n) is 8.47. The third kappa shape index (κ3) is 4.81. The Morgan fingerprint density at radius 3 is 2.67 bits per heavy atom. The van der Waals surface area contributed by atoms with Crippen molar-refractivity contribution < 1.29 is 14.6 Å². The molecule has 2 aromatic carbocycles. The molecule has 1 fully saturated rings. The molecule has 24 heavy (non-hydrogen) atoms. The van der Waals surface area contributed by atoms with Crippen LogP contribution in [0.3, 0.4) is 0 Å². The highest BCUT2D eigenvalue weighted by molar-refractivity contribution is 5.26. The predicted octanol–water partition coefficient (Wildman–Crippen LogP) is 2.81. The Hall–Kier alpha value is -1.88. The highest BCUT2D eigenvalue weighted by Gasteiger charge is 2.23. The lowest BCUT2D eigenvalue weighted by Crippen LogP contribution is -2.43. The minimum atomic E-state index is -0.513. The van der Waals surface area contributed by atoms with Crippen LogP contribution in [-0.4, -0.2) is 49.0 Å². The lowest BCUT2D eigenvalue weighted by Gasteiger charge is -2.34. The van der Waals surface area contributed by atoms with Gasteiger partial charge in [-0.2, -0.15) is 0 Å². The van der Waals surface area contributed by atoms with Gasteiger partial charge in [-0.25, -0.2) is 0 Å². The summed E-state index contributed by atoms with van der Waals surface area (Å²) in [7, 11) is 0. The van der Waals surface area contributed by atoms with Gasteiger partial charge in [-0.05, 0) is 24.6 Å². The van der Waals surface area contributed by atoms with Crippen LogP contribution >= 0.6 is 0 Å². The molecule has 2 unspecified atom stereocenters. The van der Waals surface area contributed by atoms with Gasteiger partial charge in [0.05, 0.1) is 12.7 Å². The van der Waals surface area contributed by atoms with Crippen LogP contribution in [0.4, 0.5) is 0 Å². The van der Waals surface area contributed by atoms with Crippen molar-refractivity contribution in [2.45, 2.75) is 19.1 Å². The lowest BCUT2D eigenvalue weighted by atomic mass is 10.1. The Morgan fingerprint density at radius 1 is 1.17 bits per heavy atom. The summed E-state index contributed by atoms with van der Waals surface area (Å²) in [6, 6.07) is 18.1. The molecular formula is C20H25NO3. The van der Waals surface area contributed by atoms with Crippen molar-refractivity contribution in [3.05, 3.63) is 65.7 Å². The number of ether oxygens (including phenoxy) is 2. The summed E-state index contributed by atoms with van der Waals surface area (Å²) in [6.45, 7) is 5.26. The van der Waals surface area contributed by atoms with Crippen molar-refractivity contribution in [3.8, 4) is 5.75 Å². The Balaban J connectivity index is 1.47. The second kappa shape index (κ2) is 8.29. The predicted molar refractivity (Wildman–Crippen MR) is 94.3 cm³/mol. The summed E-state index contributed by atoms with van der Waals surface area (Å²) in [5.41, 5.74) is 2.38. The molecular weight excluding hydrogens is 302 g/mol. The highest BCUT2D eigenvalue weighted by Crippen LogP contribution is 2.22. The van der Waals surface area contributed by atoms with Gasteiger partial charge in [0.2, 0.25) is 0 Å². The van der Waals surface area contributed by atoms with Gasteiger partial charge in [-0.1, -0.05) is 48.0 Å². The van der Waals surface area contributed by atoms with Crippen molar-refractivity contribution >= 4 is 0 Å². The molecule has 0 amide bonds. The van der Waals surface area contributed by atoms with Crippen LogP contribution < -0.4 is 4.74 Å². The van der Waals surface area contributed by atoms with Crippen LogP contribution in [0.25, 0.3) is 0 Å². The number of hydrogen-bond donors (Lipinski definition) is 1. The van der Waals surface area contributed by atoms with E-state index in [-0.39, 0.29) is 6.10 Å². The molecule has 128 valence electrons. The van der Waals surface area contributed by atoms with Gasteiger partial charge in [-0.15, -0.1) is 0 Å². The van der Waals surface area contributed by atoms with E-state index in [0.717, 1.165) is 18.8 Å². The summed E-state index contributed by atoms with van der Waals surface area (Å²) in [6.07, 6.45) is -0.439. The van der Waals surface area contributed by atoms with E-state index < -0.39 is 6.10 Å². The second-order valence-electron chi connectivity index (χ2n) is 6.31. The van der Waals surface area contributed by atoms with Crippen LogP contribution in [-0.2, 0) is 4.74 Å². The van der Waals surface area contributed by atoms with Gasteiger partial charge in [0.25, 0.3) is 0 Å². The molecule has 1 aliphatic rings. The quantitative estimate of drug-likeness (QED) is 0.886. The van der Waals surface area contributed by atoms with Crippen molar-refractivity contribution in [2.75, 3.05) is 32.8 Å². The van der Waals surface area contributed by atoms with Gasteiger partial charge >= 0.3 is 0 Å². The van der Waals surface area contributed by atoms with E-state index in [9.17, 15) is 5.11 Å². The number of rotatable bonds is 6. The van der Waals surface area contributed by atoms with Gasteiger partial charge < -0.3 is 14.6 Å². The Morgan fingerprint density at radius 2 is 1.92 bits per heavy atom. The zero-order valence-corrected chi connectivity index (χ0v) is 14.1. The average Bonchev–Trinajstić information content (AvgIpc) is 2.62. The molecule has 0 spiro atoms. The summed E-state index contributed by atoms with van der Waals surface area (Å²) < 4.78 is 11.5. The van der Waals surface area contributed by atoms with Crippen LogP contribution in [0.2, 0.25) is 0 Å². The van der Waals surface area contributed by atoms with E-state index in [1.807, 2.05) is 49.4 Å². The number of β-amino-alcohol motifs (C(OH)–C–C–N with tert-alkyl or cyclic N) is 1. The normalized spacial score (nSPS) is 19.8. The first-order chi connectivity index (χ1) is 11.7. The van der Waals surface area contributed by atoms with Gasteiger partial charge in [0, 0.05) is 19.6 Å². The fourth-order valence-corrected chi connectivity index (χ4v) is 2.92. The number of nitrogens with zero attached hydrogens (tertiary/aromatic N) is 1. The minimum absolute atomic E-state index is 0.0742. The van der Waals surface area contributed by atoms with Crippen molar-refractivity contribution in [3.63, 3.8) is 0 Å². The van der Waals surface area contributed by atoms with Gasteiger partial charge in [0.15, 0.2) is 0 Å². The number of aliphatic hydroxyl groups excluding tert-OH is 1. The molecule has 0 bridgehead atoms. The topological polar surface area (TPSA) is 41.9 Å². The zero-order chi connectivity index (χ0) is 16.8. The summed E-state index contributed by atoms with van der Waals surface area (Å²) >= 11 is 0. The lowest BCUT2D eigenvalue weighted by molar-refractivity contribution is -0.0459. The molecule has 4 nitrogen and oxygen atoms in total. The van der Waals surface area contributed by atoms with E-state index in [4.69, 9.17) is 9.47 Å². The maximum atomic E-state index is 10.3. The summed E-state index contributed by atoms with van der Waals surface area (Å²) in [5, 5.41) is 10.3. The maximum absolute atomic E-state index is 10.3. The fraction of sp³-hybridized carbons (Fsp3) is 0.400. The van der Waals surface area contributed by atoms with Crippen molar-refractivity contribution in [1.29, 1.82) is 0 Å². The largest absolute Gasteiger partial charge is 0.491 e. The maximum Gasteiger partial charge on any atom is 0.119 e. The third-order valence-electron chi connectivity index (χ3n) is 4.25. The molecule has 1 N–H and O–H groups in total. The molecule has 4 heteroatoms. The Bertz CT molecular complexity index is 615. The van der Waals surface area contributed by atoms with E-state index >= 15 is 0 Å². The molecule has 2 aromatic rings. The Labute approximate surface area is 143 Å². The number of morpholine rings is 1. The van der Waals surface area contributed by atoms with Crippen molar-refractivity contribution in [1.82, 2.24) is 4.90 Å². The average molecular weight is 327 g/mol. The summed E-state index contributed by atoms with van der Waals surface area (Å²) in [4.78, 5) is 2.24. The first-order valence-corrected chi connectivity index (χ1v) is 8.47. The molecule has 1 aliphatic heterocycles. The standard InChI is InChI=1S/C20H25NO3/c1-16-7-9-19(10-8-16)24-15-18(22)13-21-11-12-23-20(14-21)17-5-3-2-4-6-17/h2-10,18,20,22H,11-15H2,1H3. The van der Waals surface area contributed by atoms with Crippen LogP contribution in [0, 0.1) is 6.92 Å². The number of benzene rings is 2. The second-order valence-corrected chi connectivity index (χ2v) is 6.31. The van der Waals surface area contributed by atoms with Crippen LogP contribution in [0.5, 0.6) is 5.75 Å². The molecule has 0 saturated carbocycles. The smallest absolute Gasteiger partial charge is 0.119 e. The number of hydrogen-bond acceptors (Lipinski definition) is 4. The van der Waals surface area contributed by atoms with Crippen LogP contribution in [0.15, 0.2) is 54.6 Å². The molecule has 1 heterocycles. The number of aryl methyl sites for hydroxylation is 1. The van der Waals surface area contributed by atoms with E-state index in [2.05, 4.69) is 17.0 Å². The first kappa shape index (κ1) is 17.0. The molecule has 0 radical (unpaired) electrons. The van der Waals surface area contributed by atoms with E-state index in [0.29, 0.717) is 19.8 Å². The zero-order valence-electron chi connectivity index (χ0n) is 14.1. The molecule has 0 aromatic heterocycles. The van der Waals surface area contributed by atoms with E-state index in [1.165, 1.54) is 11.1 Å². The van der Waals surface area contributed by atoms with Gasteiger partial charge in [-0.3, -0.25) is 4.90 Å². The Kier molecular flexibility index (Phi) is 5.86. The third-order valence-corrected chi connectivity index (χ3v) is 4.25. The summed E-state index contributed by atoms with van der Waals surface area (Å²) in [5.74, 6) is 0.795. The van der Waals surface area contributed by atoms with Crippen molar-refractivity contribution in [2.24, 2.45) is 0 Å². The van der Waals surface area contributed by atoms with E-state index in [1.54, 1.807) is 0 Å². The fourth-order valence-electron chi connectivity index (χ4n) is 2.92. The number of aliphatic hydroxyl groups is 1. The monoisotopic (exact) mass is 327 g/mol. The minimum Gasteiger partial charge on any atom is -0.491 e. The molecule has 3 rings (SSSR count). The molecule has 0 aliphatic carbocycles. The van der Waals surface area contributed by atoms with Gasteiger partial charge in [0.1, 0.15) is 18.5 Å². The molecule has 1 saturated heterocycles. The van der Waals surface area contributed by atoms with Crippen LogP contribution in [0.1, 0.15) is 17.2 Å².